The highest BCUT2D eigenvalue weighted by atomic mass is 16.3. The third-order valence-electron chi connectivity index (χ3n) is 4.19. The summed E-state index contributed by atoms with van der Waals surface area (Å²) in [6, 6.07) is 15.2. The highest BCUT2D eigenvalue weighted by Gasteiger charge is 2.17. The van der Waals surface area contributed by atoms with E-state index >= 15 is 0 Å². The number of phenols is 1. The van der Waals surface area contributed by atoms with Crippen LogP contribution in [0.4, 0.5) is 5.69 Å². The van der Waals surface area contributed by atoms with Crippen molar-refractivity contribution in [1.29, 1.82) is 0 Å². The van der Waals surface area contributed by atoms with Gasteiger partial charge in [-0.05, 0) is 28.7 Å². The summed E-state index contributed by atoms with van der Waals surface area (Å²) < 4.78 is 1.72. The van der Waals surface area contributed by atoms with Crippen LogP contribution < -0.4 is 5.32 Å². The summed E-state index contributed by atoms with van der Waals surface area (Å²) >= 11 is 0. The molecule has 1 aromatic heterocycles. The predicted octanol–water partition coefficient (Wildman–Crippen LogP) is 4.19. The minimum absolute atomic E-state index is 0.0445. The Balaban J connectivity index is 1.75. The van der Waals surface area contributed by atoms with Gasteiger partial charge in [0.15, 0.2) is 0 Å². The van der Waals surface area contributed by atoms with Crippen LogP contribution in [0, 0.1) is 0 Å². The number of amides is 1. The molecule has 1 heterocycles. The first kappa shape index (κ1) is 17.7. The number of aromatic nitrogens is 2. The molecule has 0 bridgehead atoms. The molecule has 0 saturated carbocycles. The van der Waals surface area contributed by atoms with Gasteiger partial charge in [0, 0.05) is 6.20 Å². The van der Waals surface area contributed by atoms with Gasteiger partial charge in [0.2, 0.25) is 0 Å². The number of phenolic OH excluding ortho intramolecular Hbond substituents is 1. The number of anilines is 1. The summed E-state index contributed by atoms with van der Waals surface area (Å²) in [4.78, 5) is 12.5. The standard InChI is InChI=1S/C21H23N3O2/c1-21(2,3)17-9-10-19(25)18(11-17)23-20(26)16-12-22-24(14-16)13-15-7-5-4-6-8-15/h4-12,14,25H,13H2,1-3H3,(H,23,26). The van der Waals surface area contributed by atoms with Crippen LogP contribution in [0.5, 0.6) is 5.75 Å². The number of aromatic hydroxyl groups is 1. The van der Waals surface area contributed by atoms with E-state index in [9.17, 15) is 9.90 Å². The van der Waals surface area contributed by atoms with Crippen molar-refractivity contribution in [2.45, 2.75) is 32.7 Å². The number of hydrogen-bond donors (Lipinski definition) is 2. The summed E-state index contributed by atoms with van der Waals surface area (Å²) in [5.41, 5.74) is 2.91. The van der Waals surface area contributed by atoms with Crippen molar-refractivity contribution in [3.63, 3.8) is 0 Å². The minimum atomic E-state index is -0.300. The molecule has 0 unspecified atom stereocenters. The Morgan fingerprint density at radius 1 is 1.15 bits per heavy atom. The molecular formula is C21H23N3O2. The van der Waals surface area contributed by atoms with Crippen molar-refractivity contribution in [1.82, 2.24) is 9.78 Å². The third kappa shape index (κ3) is 4.11. The molecular weight excluding hydrogens is 326 g/mol. The zero-order chi connectivity index (χ0) is 18.7. The first-order valence-corrected chi connectivity index (χ1v) is 8.54. The number of hydrogen-bond acceptors (Lipinski definition) is 3. The maximum absolute atomic E-state index is 12.5. The topological polar surface area (TPSA) is 67.2 Å². The Bertz CT molecular complexity index is 909. The van der Waals surface area contributed by atoms with Gasteiger partial charge in [0.05, 0.1) is 24.0 Å². The Morgan fingerprint density at radius 2 is 1.88 bits per heavy atom. The SMILES string of the molecule is CC(C)(C)c1ccc(O)c(NC(=O)c2cnn(Cc3ccccc3)c2)c1. The molecule has 1 amide bonds. The van der Waals surface area contributed by atoms with Crippen LogP contribution in [-0.4, -0.2) is 20.8 Å². The maximum atomic E-state index is 12.5. The molecule has 0 radical (unpaired) electrons. The summed E-state index contributed by atoms with van der Waals surface area (Å²) in [5, 5.41) is 17.1. The lowest BCUT2D eigenvalue weighted by molar-refractivity contribution is 0.102. The van der Waals surface area contributed by atoms with Gasteiger partial charge in [-0.3, -0.25) is 9.48 Å². The molecule has 3 rings (SSSR count). The number of rotatable bonds is 4. The fourth-order valence-electron chi connectivity index (χ4n) is 2.63. The highest BCUT2D eigenvalue weighted by molar-refractivity contribution is 6.04. The second-order valence-electron chi connectivity index (χ2n) is 7.35. The van der Waals surface area contributed by atoms with E-state index in [2.05, 4.69) is 31.2 Å². The normalized spacial score (nSPS) is 11.3. The minimum Gasteiger partial charge on any atom is -0.506 e. The molecule has 5 nitrogen and oxygen atoms in total. The van der Waals surface area contributed by atoms with Crippen LogP contribution in [0.3, 0.4) is 0 Å². The number of nitrogens with zero attached hydrogens (tertiary/aromatic N) is 2. The van der Waals surface area contributed by atoms with E-state index in [1.165, 1.54) is 6.20 Å². The monoisotopic (exact) mass is 349 g/mol. The van der Waals surface area contributed by atoms with Crippen molar-refractivity contribution in [3.8, 4) is 5.75 Å². The van der Waals surface area contributed by atoms with E-state index in [1.807, 2.05) is 42.5 Å². The van der Waals surface area contributed by atoms with Crippen molar-refractivity contribution in [3.05, 3.63) is 77.6 Å². The van der Waals surface area contributed by atoms with Crippen molar-refractivity contribution in [2.24, 2.45) is 0 Å². The fourth-order valence-corrected chi connectivity index (χ4v) is 2.63. The van der Waals surface area contributed by atoms with E-state index in [4.69, 9.17) is 0 Å². The first-order chi connectivity index (χ1) is 12.3. The fraction of sp³-hybridized carbons (Fsp3) is 0.238. The molecule has 0 atom stereocenters. The number of carbonyl (C=O) groups is 1. The zero-order valence-electron chi connectivity index (χ0n) is 15.2. The molecule has 2 N–H and O–H groups in total. The lowest BCUT2D eigenvalue weighted by atomic mass is 9.87. The van der Waals surface area contributed by atoms with Crippen molar-refractivity contribution >= 4 is 11.6 Å². The van der Waals surface area contributed by atoms with Gasteiger partial charge in [-0.15, -0.1) is 0 Å². The number of nitrogens with one attached hydrogen (secondary N) is 1. The molecule has 0 aliphatic carbocycles. The molecule has 0 aliphatic heterocycles. The third-order valence-corrected chi connectivity index (χ3v) is 4.19. The quantitative estimate of drug-likeness (QED) is 0.694. The Morgan fingerprint density at radius 3 is 2.58 bits per heavy atom. The summed E-state index contributed by atoms with van der Waals surface area (Å²) in [6.07, 6.45) is 3.23. The van der Waals surface area contributed by atoms with Crippen LogP contribution in [-0.2, 0) is 12.0 Å². The molecule has 0 aliphatic rings. The Labute approximate surface area is 153 Å². The molecule has 26 heavy (non-hydrogen) atoms. The summed E-state index contributed by atoms with van der Waals surface area (Å²) in [6.45, 7) is 6.84. The Hall–Kier alpha value is -3.08. The van der Waals surface area contributed by atoms with E-state index in [-0.39, 0.29) is 17.1 Å². The van der Waals surface area contributed by atoms with Crippen LogP contribution in [0.15, 0.2) is 60.9 Å². The average molecular weight is 349 g/mol. The molecule has 5 heteroatoms. The van der Waals surface area contributed by atoms with Gasteiger partial charge >= 0.3 is 0 Å². The maximum Gasteiger partial charge on any atom is 0.258 e. The van der Waals surface area contributed by atoms with Gasteiger partial charge in [0.25, 0.3) is 5.91 Å². The molecule has 0 saturated heterocycles. The average Bonchev–Trinajstić information content (AvgIpc) is 3.05. The van der Waals surface area contributed by atoms with Gasteiger partial charge in [-0.2, -0.15) is 5.10 Å². The van der Waals surface area contributed by atoms with Crippen LogP contribution in [0.25, 0.3) is 0 Å². The van der Waals surface area contributed by atoms with E-state index in [1.54, 1.807) is 16.9 Å². The first-order valence-electron chi connectivity index (χ1n) is 8.54. The van der Waals surface area contributed by atoms with Crippen LogP contribution in [0.2, 0.25) is 0 Å². The molecule has 0 spiro atoms. The van der Waals surface area contributed by atoms with Gasteiger partial charge in [-0.1, -0.05) is 57.2 Å². The van der Waals surface area contributed by atoms with E-state index in [0.29, 0.717) is 17.8 Å². The lowest BCUT2D eigenvalue weighted by Crippen LogP contribution is -2.14. The molecule has 0 fully saturated rings. The summed E-state index contributed by atoms with van der Waals surface area (Å²) in [7, 11) is 0. The van der Waals surface area contributed by atoms with Gasteiger partial charge in [-0.25, -0.2) is 0 Å². The van der Waals surface area contributed by atoms with Crippen LogP contribution in [0.1, 0.15) is 42.3 Å². The lowest BCUT2D eigenvalue weighted by Gasteiger charge is -2.20. The van der Waals surface area contributed by atoms with Crippen LogP contribution >= 0.6 is 0 Å². The van der Waals surface area contributed by atoms with Crippen molar-refractivity contribution in [2.75, 3.05) is 5.32 Å². The summed E-state index contributed by atoms with van der Waals surface area (Å²) in [5.74, 6) is -0.256. The smallest absolute Gasteiger partial charge is 0.258 e. The second kappa shape index (κ2) is 7.04. The number of carbonyl (C=O) groups excluding carboxylic acids is 1. The van der Waals surface area contributed by atoms with E-state index in [0.717, 1.165) is 11.1 Å². The van der Waals surface area contributed by atoms with E-state index < -0.39 is 0 Å². The number of benzene rings is 2. The highest BCUT2D eigenvalue weighted by Crippen LogP contribution is 2.30. The predicted molar refractivity (Wildman–Crippen MR) is 103 cm³/mol. The van der Waals surface area contributed by atoms with Crippen molar-refractivity contribution < 1.29 is 9.90 Å². The second-order valence-corrected chi connectivity index (χ2v) is 7.35. The zero-order valence-corrected chi connectivity index (χ0v) is 15.2. The largest absolute Gasteiger partial charge is 0.506 e. The molecule has 2 aromatic carbocycles. The Kier molecular flexibility index (Phi) is 4.80. The molecule has 134 valence electrons. The van der Waals surface area contributed by atoms with Gasteiger partial charge in [0.1, 0.15) is 5.75 Å². The van der Waals surface area contributed by atoms with Gasteiger partial charge < -0.3 is 10.4 Å². The molecule has 3 aromatic rings.